The molecule has 0 aromatic heterocycles. The summed E-state index contributed by atoms with van der Waals surface area (Å²) < 4.78 is 8.42. The maximum absolute atomic E-state index is 12.7. The van der Waals surface area contributed by atoms with Crippen molar-refractivity contribution in [3.05, 3.63) is 90.9 Å². The van der Waals surface area contributed by atoms with E-state index < -0.39 is 5.60 Å². The highest BCUT2D eigenvalue weighted by atomic mass is 32.2. The number of nitrogens with zero attached hydrogens (tertiary/aromatic N) is 2. The molecule has 1 heterocycles. The summed E-state index contributed by atoms with van der Waals surface area (Å²) in [7, 11) is 0. The van der Waals surface area contributed by atoms with Crippen molar-refractivity contribution in [2.75, 3.05) is 19.6 Å². The third-order valence-electron chi connectivity index (χ3n) is 6.34. The van der Waals surface area contributed by atoms with Gasteiger partial charge in [0.1, 0.15) is 5.60 Å². The van der Waals surface area contributed by atoms with E-state index in [2.05, 4.69) is 48.1 Å². The maximum Gasteiger partial charge on any atom is 0.410 e. The fourth-order valence-corrected chi connectivity index (χ4v) is 4.79. The summed E-state index contributed by atoms with van der Waals surface area (Å²) >= 11 is 1.21. The summed E-state index contributed by atoms with van der Waals surface area (Å²) in [4.78, 5) is 30.0. The van der Waals surface area contributed by atoms with E-state index >= 15 is 0 Å². The van der Waals surface area contributed by atoms with Gasteiger partial charge in [0.05, 0.1) is 0 Å². The normalized spacial score (nSPS) is 16.6. The van der Waals surface area contributed by atoms with E-state index in [1.807, 2.05) is 43.9 Å². The Kier molecular flexibility index (Phi) is 13.3. The molecule has 0 atom stereocenters. The lowest BCUT2D eigenvalue weighted by Gasteiger charge is -2.35. The first-order valence-electron chi connectivity index (χ1n) is 13.6. The highest BCUT2D eigenvalue weighted by Crippen LogP contribution is 2.31. The summed E-state index contributed by atoms with van der Waals surface area (Å²) in [5.41, 5.74) is 1.78. The number of rotatable bonds is 11. The second-order valence-electron chi connectivity index (χ2n) is 10.7. The van der Waals surface area contributed by atoms with Crippen molar-refractivity contribution in [1.29, 1.82) is 0 Å². The van der Waals surface area contributed by atoms with E-state index in [1.165, 1.54) is 23.6 Å². The number of hydrogen-bond acceptors (Lipinski definition) is 5. The van der Waals surface area contributed by atoms with Crippen molar-refractivity contribution in [3.63, 3.8) is 0 Å². The Hall–Kier alpha value is -3.03. The lowest BCUT2D eigenvalue weighted by molar-refractivity contribution is -0.114. The van der Waals surface area contributed by atoms with Crippen molar-refractivity contribution in [3.8, 4) is 0 Å². The number of amides is 2. The van der Waals surface area contributed by atoms with Crippen molar-refractivity contribution >= 4 is 30.0 Å². The van der Waals surface area contributed by atoms with Crippen LogP contribution in [0.25, 0.3) is 6.08 Å². The third kappa shape index (κ3) is 12.1. The molecule has 39 heavy (non-hydrogen) atoms. The molecule has 0 radical (unpaired) electrons. The van der Waals surface area contributed by atoms with Crippen LogP contribution >= 0.6 is 11.9 Å². The molecular formula is C32H45N3O3S. The van der Waals surface area contributed by atoms with Gasteiger partial charge in [0.2, 0.25) is 0 Å². The molecule has 0 bridgehead atoms. The average Bonchev–Trinajstić information content (AvgIpc) is 3.75. The fourth-order valence-electron chi connectivity index (χ4n) is 4.25. The zero-order chi connectivity index (χ0) is 28.8. The molecule has 1 saturated carbocycles. The van der Waals surface area contributed by atoms with Gasteiger partial charge in [0.25, 0.3) is 5.91 Å². The van der Waals surface area contributed by atoms with Gasteiger partial charge < -0.3 is 9.64 Å². The van der Waals surface area contributed by atoms with E-state index in [1.54, 1.807) is 18.2 Å². The van der Waals surface area contributed by atoms with E-state index in [0.717, 1.165) is 62.3 Å². The van der Waals surface area contributed by atoms with Crippen LogP contribution < -0.4 is 4.72 Å². The summed E-state index contributed by atoms with van der Waals surface area (Å²) in [6.07, 6.45) is 12.7. The van der Waals surface area contributed by atoms with E-state index in [4.69, 9.17) is 4.74 Å². The van der Waals surface area contributed by atoms with Crippen molar-refractivity contribution < 1.29 is 14.3 Å². The summed E-state index contributed by atoms with van der Waals surface area (Å²) in [6, 6.07) is 8.70. The number of piperidine rings is 1. The van der Waals surface area contributed by atoms with Crippen molar-refractivity contribution in [2.24, 2.45) is 5.92 Å². The average molecular weight is 552 g/mol. The molecule has 6 nitrogen and oxygen atoms in total. The number of hydrogen-bond donors (Lipinski definition) is 1. The predicted octanol–water partition coefficient (Wildman–Crippen LogP) is 7.13. The quantitative estimate of drug-likeness (QED) is 0.137. The van der Waals surface area contributed by atoms with Gasteiger partial charge in [-0.2, -0.15) is 0 Å². The lowest BCUT2D eigenvalue weighted by Crippen LogP contribution is -2.43. The monoisotopic (exact) mass is 551 g/mol. The minimum atomic E-state index is -0.456. The van der Waals surface area contributed by atoms with Crippen LogP contribution in [0, 0.1) is 5.92 Å². The predicted molar refractivity (Wildman–Crippen MR) is 165 cm³/mol. The van der Waals surface area contributed by atoms with E-state index in [0.29, 0.717) is 12.0 Å². The third-order valence-corrected chi connectivity index (χ3v) is 7.19. The molecule has 1 aliphatic carbocycles. The van der Waals surface area contributed by atoms with Gasteiger partial charge in [-0.15, -0.1) is 13.2 Å². The molecular weight excluding hydrogens is 506 g/mol. The maximum atomic E-state index is 12.7. The van der Waals surface area contributed by atoms with Crippen LogP contribution in [0.3, 0.4) is 0 Å². The van der Waals surface area contributed by atoms with Crippen LogP contribution in [0.4, 0.5) is 4.79 Å². The molecule has 3 rings (SSSR count). The van der Waals surface area contributed by atoms with Gasteiger partial charge in [-0.3, -0.25) is 14.4 Å². The molecule has 7 heteroatoms. The van der Waals surface area contributed by atoms with Gasteiger partial charge in [0, 0.05) is 30.1 Å². The second-order valence-corrected chi connectivity index (χ2v) is 11.6. The van der Waals surface area contributed by atoms with Crippen LogP contribution in [0.15, 0.2) is 79.8 Å². The number of likely N-dealkylation sites (tertiary alicyclic amines) is 1. The van der Waals surface area contributed by atoms with Gasteiger partial charge in [-0.25, -0.2) is 4.79 Å². The molecule has 1 aliphatic heterocycles. The molecule has 1 aromatic carbocycles. The molecule has 2 amide bonds. The zero-order valence-corrected chi connectivity index (χ0v) is 24.7. The number of ether oxygens (including phenoxy) is 1. The fraction of sp³-hybridized carbons (Fsp3) is 0.438. The molecule has 2 fully saturated rings. The topological polar surface area (TPSA) is 61.9 Å². The smallest absolute Gasteiger partial charge is 0.410 e. The Bertz CT molecular complexity index is 1010. The van der Waals surface area contributed by atoms with Gasteiger partial charge in [-0.05, 0) is 101 Å². The molecule has 0 spiro atoms. The first-order valence-corrected chi connectivity index (χ1v) is 14.4. The number of carbonyl (C=O) groups is 2. The summed E-state index contributed by atoms with van der Waals surface area (Å²) in [6.45, 7) is 22.9. The first-order chi connectivity index (χ1) is 18.7. The highest BCUT2D eigenvalue weighted by Gasteiger charge is 2.37. The van der Waals surface area contributed by atoms with E-state index in [9.17, 15) is 9.59 Å². The van der Waals surface area contributed by atoms with Crippen molar-refractivity contribution in [2.45, 2.75) is 64.6 Å². The number of allylic oxidation sites excluding steroid dienone is 3. The number of benzene rings is 1. The molecule has 1 N–H and O–H groups in total. The van der Waals surface area contributed by atoms with Crippen LogP contribution in [-0.4, -0.2) is 53.1 Å². The summed E-state index contributed by atoms with van der Waals surface area (Å²) in [5.74, 6) is 0.344. The zero-order valence-electron chi connectivity index (χ0n) is 23.9. The molecule has 0 unspecified atom stereocenters. The molecule has 2 aliphatic rings. The minimum absolute atomic E-state index is 0.158. The summed E-state index contributed by atoms with van der Waals surface area (Å²) in [5, 5.41) is 0. The van der Waals surface area contributed by atoms with Crippen molar-refractivity contribution in [1.82, 2.24) is 14.5 Å². The Labute approximate surface area is 239 Å². The Balaban J connectivity index is 0.00000260. The van der Waals surface area contributed by atoms with Crippen LogP contribution in [0.2, 0.25) is 0 Å². The highest BCUT2D eigenvalue weighted by molar-refractivity contribution is 8.01. The Morgan fingerprint density at radius 2 is 1.74 bits per heavy atom. The number of nitrogens with one attached hydrogen (secondary N) is 1. The molecule has 1 saturated heterocycles. The Morgan fingerprint density at radius 3 is 2.28 bits per heavy atom. The minimum Gasteiger partial charge on any atom is -0.444 e. The van der Waals surface area contributed by atoms with Gasteiger partial charge in [-0.1, -0.05) is 49.6 Å². The van der Waals surface area contributed by atoms with Gasteiger partial charge in [0.15, 0.2) is 0 Å². The molecule has 212 valence electrons. The largest absolute Gasteiger partial charge is 0.444 e. The first kappa shape index (κ1) is 32.2. The standard InChI is InChI=1S/C30H41N3O3S.C2H4/c1-6-8-27(7-2)37-31-28(34)16-13-23-9-11-24(12-10-23)21-32-19-17-25(18-20-32)22-33(26-14-15-26)29(35)36-30(3,4)5;1-2/h6-13,16,25-26H,1-2,14-15,17-22H2,3-5H3,(H,31,34);1-2H2/b16-13+,27-8+;. The number of carbonyl (C=O) groups excluding carboxylic acids is 2. The second kappa shape index (κ2) is 16.2. The van der Waals surface area contributed by atoms with Crippen LogP contribution in [0.1, 0.15) is 57.6 Å². The molecule has 1 aromatic rings. The van der Waals surface area contributed by atoms with Gasteiger partial charge >= 0.3 is 6.09 Å². The SMILES string of the molecule is C=C.C=C/C=C(\C=C)SNC(=O)/C=C/c1ccc(CN2CCC(CN(C(=O)OC(C)(C)C)C3CC3)CC2)cc1. The van der Waals surface area contributed by atoms with E-state index in [-0.39, 0.29) is 12.0 Å². The van der Waals surface area contributed by atoms with Crippen LogP contribution in [0.5, 0.6) is 0 Å². The van der Waals surface area contributed by atoms with Crippen LogP contribution in [-0.2, 0) is 16.1 Å². The lowest BCUT2D eigenvalue weighted by atomic mass is 9.95. The Morgan fingerprint density at radius 1 is 1.10 bits per heavy atom.